The number of imide groups is 1. The van der Waals surface area contributed by atoms with Gasteiger partial charge in [-0.05, 0) is 112 Å². The van der Waals surface area contributed by atoms with Crippen molar-refractivity contribution in [3.63, 3.8) is 0 Å². The number of imidazole rings is 1. The van der Waals surface area contributed by atoms with E-state index in [2.05, 4.69) is 32.1 Å². The van der Waals surface area contributed by atoms with Crippen LogP contribution in [0, 0.1) is 5.92 Å². The van der Waals surface area contributed by atoms with Crippen molar-refractivity contribution in [3.8, 4) is 0 Å². The molecule has 2 saturated carbocycles. The maximum Gasteiger partial charge on any atom is 0.433 e. The van der Waals surface area contributed by atoms with Crippen LogP contribution in [0.4, 0.5) is 27.6 Å². The number of aromatic nitrogens is 5. The Morgan fingerprint density at radius 2 is 1.69 bits per heavy atom. The minimum Gasteiger partial charge on any atom is -0.320 e. The van der Waals surface area contributed by atoms with Crippen molar-refractivity contribution in [1.82, 2.24) is 34.5 Å². The van der Waals surface area contributed by atoms with Crippen LogP contribution in [0.1, 0.15) is 116 Å². The number of aryl methyl sites for hydroxylation is 1. The van der Waals surface area contributed by atoms with Crippen LogP contribution in [0.2, 0.25) is 0 Å². The highest BCUT2D eigenvalue weighted by Gasteiger charge is 2.35. The van der Waals surface area contributed by atoms with Gasteiger partial charge in [0.1, 0.15) is 17.4 Å². The number of para-hydroxylation sites is 1. The first-order valence-electron chi connectivity index (χ1n) is 19.7. The van der Waals surface area contributed by atoms with E-state index >= 15 is 0 Å². The Balaban J connectivity index is 0.859. The van der Waals surface area contributed by atoms with Crippen molar-refractivity contribution in [2.75, 3.05) is 11.9 Å². The van der Waals surface area contributed by atoms with Crippen molar-refractivity contribution in [2.45, 2.75) is 101 Å². The molecule has 3 fully saturated rings. The Morgan fingerprint density at radius 1 is 0.948 bits per heavy atom. The summed E-state index contributed by atoms with van der Waals surface area (Å²) >= 11 is 0. The monoisotopic (exact) mass is 806 g/mol. The van der Waals surface area contributed by atoms with Crippen LogP contribution >= 0.6 is 0 Å². The first kappa shape index (κ1) is 39.4. The number of hydrogen-bond acceptors (Lipinski definition) is 7. The van der Waals surface area contributed by atoms with Crippen molar-refractivity contribution in [1.29, 1.82) is 0 Å². The maximum absolute atomic E-state index is 14.1. The molecule has 306 valence electrons. The molecular formula is C41H43F5N8O4. The fraction of sp³-hybridized carbons (Fsp3) is 0.463. The molecule has 3 aliphatic rings. The minimum absolute atomic E-state index is 0.0602. The van der Waals surface area contributed by atoms with Crippen LogP contribution in [0.5, 0.6) is 0 Å². The molecule has 1 aliphatic heterocycles. The van der Waals surface area contributed by atoms with E-state index in [0.717, 1.165) is 87.2 Å². The highest BCUT2D eigenvalue weighted by atomic mass is 19.4. The van der Waals surface area contributed by atoms with Gasteiger partial charge in [0.05, 0.1) is 28.3 Å². The standard InChI is InChI=1S/C41H43F5N8O4/c1-52-36-27(4-2-6-32(36)54(40(52)58)33-16-17-35(55)50-39(33)57)23-10-12-25(13-11-23)47-20-22-8-14-26(15-9-22)53-21-24-18-31(28(37(42)43)19-30(24)51-53)49-38(56)29-5-3-7-34(48-29)41(44,45)46/h2-7,18-19,21-23,25-26,33,37,47H,8-17,20H2,1H3,(H,49,56)(H,50,55,57)/t22?,23?,25?,26?,33-/m1/s1. The largest absolute Gasteiger partial charge is 0.433 e. The number of fused-ring (bicyclic) bond motifs is 2. The van der Waals surface area contributed by atoms with Crippen LogP contribution in [0.15, 0.2) is 59.5 Å². The predicted octanol–water partition coefficient (Wildman–Crippen LogP) is 7.32. The zero-order valence-corrected chi connectivity index (χ0v) is 31.7. The number of carbonyl (C=O) groups excluding carboxylic acids is 3. The number of nitrogens with zero attached hydrogens (tertiary/aromatic N) is 5. The number of piperidine rings is 1. The van der Waals surface area contributed by atoms with E-state index in [1.54, 1.807) is 22.5 Å². The van der Waals surface area contributed by atoms with Crippen LogP contribution in [-0.4, -0.2) is 54.2 Å². The number of hydrogen-bond donors (Lipinski definition) is 3. The Hall–Kier alpha value is -5.45. The molecule has 5 aromatic rings. The zero-order valence-electron chi connectivity index (χ0n) is 31.7. The predicted molar refractivity (Wildman–Crippen MR) is 204 cm³/mol. The third kappa shape index (κ3) is 7.75. The minimum atomic E-state index is -4.77. The van der Waals surface area contributed by atoms with Crippen molar-refractivity contribution in [3.05, 3.63) is 87.7 Å². The van der Waals surface area contributed by atoms with Crippen molar-refractivity contribution >= 4 is 45.3 Å². The zero-order chi connectivity index (χ0) is 40.9. The number of nitrogens with one attached hydrogen (secondary N) is 3. The van der Waals surface area contributed by atoms with Gasteiger partial charge >= 0.3 is 11.9 Å². The van der Waals surface area contributed by atoms with E-state index in [0.29, 0.717) is 28.4 Å². The summed E-state index contributed by atoms with van der Waals surface area (Å²) < 4.78 is 72.6. The van der Waals surface area contributed by atoms with E-state index in [9.17, 15) is 41.1 Å². The van der Waals surface area contributed by atoms with Crippen molar-refractivity contribution in [2.24, 2.45) is 13.0 Å². The van der Waals surface area contributed by atoms with Crippen molar-refractivity contribution < 1.29 is 36.3 Å². The van der Waals surface area contributed by atoms with Gasteiger partial charge in [0.2, 0.25) is 11.8 Å². The molecule has 58 heavy (non-hydrogen) atoms. The molecule has 3 aromatic heterocycles. The number of halogens is 5. The molecule has 1 saturated heterocycles. The summed E-state index contributed by atoms with van der Waals surface area (Å²) in [6.07, 6.45) is 1.98. The average Bonchev–Trinajstić information content (AvgIpc) is 3.74. The number of amides is 3. The third-order valence-electron chi connectivity index (χ3n) is 12.2. The molecule has 8 rings (SSSR count). The molecule has 12 nitrogen and oxygen atoms in total. The highest BCUT2D eigenvalue weighted by molar-refractivity contribution is 6.04. The summed E-state index contributed by atoms with van der Waals surface area (Å²) in [4.78, 5) is 54.0. The number of alkyl halides is 5. The van der Waals surface area contributed by atoms with Crippen LogP contribution in [-0.2, 0) is 22.8 Å². The Morgan fingerprint density at radius 3 is 2.40 bits per heavy atom. The molecule has 0 spiro atoms. The molecule has 0 radical (unpaired) electrons. The molecule has 3 N–H and O–H groups in total. The lowest BCUT2D eigenvalue weighted by Crippen LogP contribution is -2.44. The highest BCUT2D eigenvalue weighted by Crippen LogP contribution is 2.39. The van der Waals surface area contributed by atoms with E-state index in [1.807, 2.05) is 12.1 Å². The molecule has 3 amide bonds. The summed E-state index contributed by atoms with van der Waals surface area (Å²) in [6.45, 7) is 0.879. The normalized spacial score (nSPS) is 23.1. The fourth-order valence-electron chi connectivity index (χ4n) is 9.07. The SMILES string of the molecule is Cn1c(=O)n([C@@H]2CCC(=O)NC2=O)c2cccc(C3CCC(NCC4CCC(n5cc6cc(NC(=O)c7cccc(C(F)(F)F)n7)c(C(F)F)cc6n5)CC4)CC3)c21. The third-order valence-corrected chi connectivity index (χ3v) is 12.2. The number of anilines is 1. The van der Waals surface area contributed by atoms with Crippen LogP contribution in [0.3, 0.4) is 0 Å². The van der Waals surface area contributed by atoms with Gasteiger partial charge in [-0.1, -0.05) is 18.2 Å². The van der Waals surface area contributed by atoms with Gasteiger partial charge in [0.15, 0.2) is 0 Å². The van der Waals surface area contributed by atoms with Gasteiger partial charge in [-0.3, -0.25) is 33.5 Å². The quantitative estimate of drug-likeness (QED) is 0.105. The number of pyridine rings is 1. The summed E-state index contributed by atoms with van der Waals surface area (Å²) in [5.41, 5.74) is 0.186. The van der Waals surface area contributed by atoms with E-state index in [-0.39, 0.29) is 42.1 Å². The first-order valence-corrected chi connectivity index (χ1v) is 19.7. The molecule has 17 heteroatoms. The molecule has 1 atom stereocenters. The molecule has 0 unspecified atom stereocenters. The van der Waals surface area contributed by atoms with Gasteiger partial charge in [-0.2, -0.15) is 18.3 Å². The Labute approximate surface area is 329 Å². The molecular weight excluding hydrogens is 763 g/mol. The topological polar surface area (TPSA) is 145 Å². The van der Waals surface area contributed by atoms with Gasteiger partial charge in [-0.15, -0.1) is 0 Å². The number of benzene rings is 2. The summed E-state index contributed by atoms with van der Waals surface area (Å²) in [7, 11) is 1.74. The number of rotatable bonds is 9. The smallest absolute Gasteiger partial charge is 0.320 e. The lowest BCUT2D eigenvalue weighted by atomic mass is 9.80. The van der Waals surface area contributed by atoms with E-state index in [4.69, 9.17) is 0 Å². The molecule has 4 heterocycles. The summed E-state index contributed by atoms with van der Waals surface area (Å²) in [5, 5.41) is 13.6. The molecule has 0 bridgehead atoms. The van der Waals surface area contributed by atoms with Crippen LogP contribution in [0.25, 0.3) is 21.9 Å². The second-order valence-electron chi connectivity index (χ2n) is 15.8. The molecule has 2 aromatic carbocycles. The fourth-order valence-corrected chi connectivity index (χ4v) is 9.07. The van der Waals surface area contributed by atoms with Gasteiger partial charge in [0.25, 0.3) is 12.3 Å². The van der Waals surface area contributed by atoms with Gasteiger partial charge in [-0.25, -0.2) is 18.6 Å². The summed E-state index contributed by atoms with van der Waals surface area (Å²) in [5.74, 6) is -1.08. The van der Waals surface area contributed by atoms with Crippen LogP contribution < -0.4 is 21.6 Å². The Bertz CT molecular complexity index is 2440. The summed E-state index contributed by atoms with van der Waals surface area (Å²) in [6, 6.07) is 11.0. The first-order chi connectivity index (χ1) is 27.7. The maximum atomic E-state index is 14.1. The Kier molecular flexibility index (Phi) is 10.7. The second kappa shape index (κ2) is 15.7. The van der Waals surface area contributed by atoms with Gasteiger partial charge in [0, 0.05) is 36.7 Å². The lowest BCUT2D eigenvalue weighted by Gasteiger charge is -2.33. The average molecular weight is 807 g/mol. The van der Waals surface area contributed by atoms with E-state index < -0.39 is 47.4 Å². The molecule has 2 aliphatic carbocycles. The van der Waals surface area contributed by atoms with Gasteiger partial charge < -0.3 is 10.6 Å². The number of carbonyl (C=O) groups is 3. The second-order valence-corrected chi connectivity index (χ2v) is 15.8. The lowest BCUT2D eigenvalue weighted by molar-refractivity contribution is -0.141. The van der Waals surface area contributed by atoms with E-state index in [1.165, 1.54) is 16.7 Å².